The van der Waals surface area contributed by atoms with Crippen LogP contribution in [0.5, 0.6) is 0 Å². The minimum absolute atomic E-state index is 0.278. The first-order chi connectivity index (χ1) is 9.97. The summed E-state index contributed by atoms with van der Waals surface area (Å²) in [4.78, 5) is 16.1. The molecule has 0 aromatic carbocycles. The fraction of sp³-hybridized carbons (Fsp3) is 0.500. The van der Waals surface area contributed by atoms with E-state index in [9.17, 15) is 9.90 Å². The summed E-state index contributed by atoms with van der Waals surface area (Å²) in [6, 6.07) is 1.51. The molecule has 2 aromatic heterocycles. The van der Waals surface area contributed by atoms with E-state index in [1.165, 1.54) is 0 Å². The number of urea groups is 1. The molecule has 0 aliphatic heterocycles. The summed E-state index contributed by atoms with van der Waals surface area (Å²) in [5.41, 5.74) is 1.53. The van der Waals surface area contributed by atoms with Gasteiger partial charge in [-0.1, -0.05) is 0 Å². The molecule has 1 fully saturated rings. The van der Waals surface area contributed by atoms with Crippen LogP contribution in [0, 0.1) is 6.92 Å². The molecule has 0 atom stereocenters. The van der Waals surface area contributed by atoms with Gasteiger partial charge in [0.05, 0.1) is 23.2 Å². The molecule has 1 aliphatic rings. The van der Waals surface area contributed by atoms with E-state index in [4.69, 9.17) is 0 Å². The van der Waals surface area contributed by atoms with Crippen molar-refractivity contribution >= 4 is 22.8 Å². The summed E-state index contributed by atoms with van der Waals surface area (Å²) >= 11 is 0. The van der Waals surface area contributed by atoms with E-state index in [0.29, 0.717) is 5.69 Å². The van der Waals surface area contributed by atoms with Gasteiger partial charge in [-0.05, 0) is 32.3 Å². The number of rotatable bonds is 3. The van der Waals surface area contributed by atoms with Crippen LogP contribution in [0.3, 0.4) is 0 Å². The van der Waals surface area contributed by atoms with Crippen LogP contribution in [0.4, 0.5) is 10.5 Å². The molecule has 7 heteroatoms. The molecular formula is C14H19N5O2. The quantitative estimate of drug-likeness (QED) is 0.794. The molecule has 7 nitrogen and oxygen atoms in total. The minimum Gasteiger partial charge on any atom is -0.388 e. The number of hydrogen-bond donors (Lipinski definition) is 3. The van der Waals surface area contributed by atoms with Gasteiger partial charge in [0.15, 0.2) is 5.65 Å². The number of pyridine rings is 1. The van der Waals surface area contributed by atoms with Gasteiger partial charge in [-0.2, -0.15) is 5.10 Å². The maximum absolute atomic E-state index is 11.8. The van der Waals surface area contributed by atoms with Crippen molar-refractivity contribution in [2.24, 2.45) is 7.05 Å². The van der Waals surface area contributed by atoms with Crippen LogP contribution < -0.4 is 10.6 Å². The lowest BCUT2D eigenvalue weighted by Gasteiger charge is -2.36. The summed E-state index contributed by atoms with van der Waals surface area (Å²) < 4.78 is 1.71. The number of aliphatic hydroxyl groups is 1. The maximum atomic E-state index is 11.8. The average molecular weight is 289 g/mol. The number of hydrogen-bond acceptors (Lipinski definition) is 4. The summed E-state index contributed by atoms with van der Waals surface area (Å²) in [6.07, 6.45) is 4.10. The minimum atomic E-state index is -0.723. The van der Waals surface area contributed by atoms with Crippen molar-refractivity contribution < 1.29 is 9.90 Å². The Bertz CT molecular complexity index is 690. The second-order valence-electron chi connectivity index (χ2n) is 5.69. The fourth-order valence-corrected chi connectivity index (χ4v) is 2.56. The monoisotopic (exact) mass is 289 g/mol. The van der Waals surface area contributed by atoms with Crippen molar-refractivity contribution in [2.45, 2.75) is 31.8 Å². The van der Waals surface area contributed by atoms with E-state index in [1.54, 1.807) is 10.9 Å². The molecule has 112 valence electrons. The summed E-state index contributed by atoms with van der Waals surface area (Å²) in [5.74, 6) is 0. The number of nitrogens with one attached hydrogen (secondary N) is 2. The standard InChI is InChI=1S/C14H19N5O2/c1-9-11-6-10(7-15-12(11)19(2)18-9)17-13(20)16-8-14(21)4-3-5-14/h6-7,21H,3-5,8H2,1-2H3,(H2,16,17,20). The molecule has 0 radical (unpaired) electrons. The topological polar surface area (TPSA) is 92.1 Å². The number of carbonyl (C=O) groups excluding carboxylic acids is 1. The molecule has 0 bridgehead atoms. The largest absolute Gasteiger partial charge is 0.388 e. The van der Waals surface area contributed by atoms with E-state index >= 15 is 0 Å². The van der Waals surface area contributed by atoms with Gasteiger partial charge in [-0.15, -0.1) is 0 Å². The van der Waals surface area contributed by atoms with Crippen molar-refractivity contribution in [1.82, 2.24) is 20.1 Å². The Labute approximate surface area is 122 Å². The Morgan fingerprint density at radius 2 is 2.29 bits per heavy atom. The van der Waals surface area contributed by atoms with Crippen LogP contribution in [-0.4, -0.2) is 38.0 Å². The number of anilines is 1. The molecule has 3 N–H and O–H groups in total. The summed E-state index contributed by atoms with van der Waals surface area (Å²) in [6.45, 7) is 2.18. The van der Waals surface area contributed by atoms with Gasteiger partial charge in [-0.25, -0.2) is 9.78 Å². The zero-order valence-electron chi connectivity index (χ0n) is 12.2. The van der Waals surface area contributed by atoms with E-state index in [0.717, 1.165) is 36.0 Å². The predicted octanol–water partition coefficient (Wildman–Crippen LogP) is 1.31. The van der Waals surface area contributed by atoms with Crippen LogP contribution >= 0.6 is 0 Å². The van der Waals surface area contributed by atoms with Crippen LogP contribution in [0.2, 0.25) is 0 Å². The van der Waals surface area contributed by atoms with Gasteiger partial charge in [0.1, 0.15) is 0 Å². The van der Waals surface area contributed by atoms with Crippen LogP contribution in [0.1, 0.15) is 25.0 Å². The third kappa shape index (κ3) is 2.69. The van der Waals surface area contributed by atoms with Gasteiger partial charge in [-0.3, -0.25) is 4.68 Å². The van der Waals surface area contributed by atoms with E-state index < -0.39 is 5.60 Å². The Hall–Kier alpha value is -2.15. The number of aryl methyl sites for hydroxylation is 2. The Morgan fingerprint density at radius 3 is 2.95 bits per heavy atom. The highest BCUT2D eigenvalue weighted by Crippen LogP contribution is 2.30. The molecule has 2 aromatic rings. The molecule has 1 saturated carbocycles. The molecule has 1 aliphatic carbocycles. The molecule has 0 saturated heterocycles. The second kappa shape index (κ2) is 5.00. The molecule has 3 rings (SSSR count). The highest BCUT2D eigenvalue weighted by molar-refractivity contribution is 5.92. The Balaban J connectivity index is 1.66. The Morgan fingerprint density at radius 1 is 1.52 bits per heavy atom. The van der Waals surface area contributed by atoms with Gasteiger partial charge in [0.2, 0.25) is 0 Å². The fourth-order valence-electron chi connectivity index (χ4n) is 2.56. The molecule has 2 heterocycles. The molecule has 21 heavy (non-hydrogen) atoms. The lowest BCUT2D eigenvalue weighted by molar-refractivity contribution is -0.0287. The van der Waals surface area contributed by atoms with Gasteiger partial charge in [0, 0.05) is 19.0 Å². The average Bonchev–Trinajstić information content (AvgIpc) is 2.69. The highest BCUT2D eigenvalue weighted by Gasteiger charge is 2.34. The van der Waals surface area contributed by atoms with E-state index in [2.05, 4.69) is 20.7 Å². The van der Waals surface area contributed by atoms with Crippen molar-refractivity contribution in [1.29, 1.82) is 0 Å². The third-order valence-corrected chi connectivity index (χ3v) is 3.98. The first-order valence-electron chi connectivity index (χ1n) is 7.03. The predicted molar refractivity (Wildman–Crippen MR) is 79.1 cm³/mol. The first kappa shape index (κ1) is 13.8. The molecule has 2 amide bonds. The molecule has 0 unspecified atom stereocenters. The molecule has 0 spiro atoms. The van der Waals surface area contributed by atoms with Gasteiger partial charge < -0.3 is 15.7 Å². The number of fused-ring (bicyclic) bond motifs is 1. The van der Waals surface area contributed by atoms with E-state index in [1.807, 2.05) is 20.0 Å². The van der Waals surface area contributed by atoms with Crippen molar-refractivity contribution in [3.8, 4) is 0 Å². The SMILES string of the molecule is Cc1nn(C)c2ncc(NC(=O)NCC3(O)CCC3)cc12. The smallest absolute Gasteiger partial charge is 0.319 e. The third-order valence-electron chi connectivity index (χ3n) is 3.98. The second-order valence-corrected chi connectivity index (χ2v) is 5.69. The van der Waals surface area contributed by atoms with E-state index in [-0.39, 0.29) is 12.6 Å². The van der Waals surface area contributed by atoms with Gasteiger partial charge >= 0.3 is 6.03 Å². The number of amides is 2. The zero-order chi connectivity index (χ0) is 15.0. The zero-order valence-corrected chi connectivity index (χ0v) is 12.2. The van der Waals surface area contributed by atoms with Crippen LogP contribution in [0.15, 0.2) is 12.3 Å². The van der Waals surface area contributed by atoms with Crippen LogP contribution in [0.25, 0.3) is 11.0 Å². The summed E-state index contributed by atoms with van der Waals surface area (Å²) in [5, 5.41) is 20.6. The Kier molecular flexibility index (Phi) is 3.29. The van der Waals surface area contributed by atoms with Crippen molar-refractivity contribution in [2.75, 3.05) is 11.9 Å². The lowest BCUT2D eigenvalue weighted by atomic mass is 9.80. The summed E-state index contributed by atoms with van der Waals surface area (Å²) in [7, 11) is 1.83. The van der Waals surface area contributed by atoms with Crippen molar-refractivity contribution in [3.05, 3.63) is 18.0 Å². The van der Waals surface area contributed by atoms with Crippen LogP contribution in [-0.2, 0) is 7.05 Å². The normalized spacial score (nSPS) is 16.5. The number of aromatic nitrogens is 3. The first-order valence-corrected chi connectivity index (χ1v) is 7.03. The number of nitrogens with zero attached hydrogens (tertiary/aromatic N) is 3. The van der Waals surface area contributed by atoms with Gasteiger partial charge in [0.25, 0.3) is 0 Å². The molecular weight excluding hydrogens is 270 g/mol. The van der Waals surface area contributed by atoms with Crippen molar-refractivity contribution in [3.63, 3.8) is 0 Å². The lowest BCUT2D eigenvalue weighted by Crippen LogP contribution is -2.48. The number of carbonyl (C=O) groups is 1. The maximum Gasteiger partial charge on any atom is 0.319 e. The highest BCUT2D eigenvalue weighted by atomic mass is 16.3.